The summed E-state index contributed by atoms with van der Waals surface area (Å²) in [5.74, 6) is -0.312. The van der Waals surface area contributed by atoms with Crippen molar-refractivity contribution in [3.05, 3.63) is 0 Å². The average Bonchev–Trinajstić information content (AvgIpc) is 2.49. The molecule has 0 aromatic rings. The lowest BCUT2D eigenvalue weighted by molar-refractivity contribution is -0.174. The van der Waals surface area contributed by atoms with E-state index in [-0.39, 0.29) is 12.0 Å². The summed E-state index contributed by atoms with van der Waals surface area (Å²) in [4.78, 5) is 0. The first kappa shape index (κ1) is 8.97. The van der Waals surface area contributed by atoms with Crippen LogP contribution in [0, 0.1) is 0 Å². The van der Waals surface area contributed by atoms with Gasteiger partial charge in [-0.2, -0.15) is 0 Å². The molecule has 3 nitrogen and oxygen atoms in total. The molecule has 1 fully saturated rings. The first-order valence-electron chi connectivity index (χ1n) is 4.25. The molecule has 1 rings (SSSR count). The van der Waals surface area contributed by atoms with Crippen LogP contribution in [0.3, 0.4) is 0 Å². The zero-order valence-electron chi connectivity index (χ0n) is 7.52. The van der Waals surface area contributed by atoms with Crippen molar-refractivity contribution in [2.75, 3.05) is 13.7 Å². The molecule has 0 bridgehead atoms. The molecule has 1 atom stereocenters. The fourth-order valence-corrected chi connectivity index (χ4v) is 1.32. The summed E-state index contributed by atoms with van der Waals surface area (Å²) in [6.45, 7) is 4.83. The number of rotatable bonds is 3. The Morgan fingerprint density at radius 1 is 1.45 bits per heavy atom. The van der Waals surface area contributed by atoms with E-state index in [1.54, 1.807) is 0 Å². The molecular weight excluding hydrogens is 142 g/mol. The van der Waals surface area contributed by atoms with Crippen molar-refractivity contribution >= 4 is 0 Å². The fourth-order valence-electron chi connectivity index (χ4n) is 1.32. The van der Waals surface area contributed by atoms with E-state index in [0.717, 1.165) is 12.8 Å². The van der Waals surface area contributed by atoms with Gasteiger partial charge in [0.15, 0.2) is 5.79 Å². The fraction of sp³-hybridized carbons (Fsp3) is 1.00. The molecule has 1 heterocycles. The Hall–Kier alpha value is -0.120. The Morgan fingerprint density at radius 2 is 2.09 bits per heavy atom. The predicted octanol–water partition coefficient (Wildman–Crippen LogP) is 1.09. The second-order valence-corrected chi connectivity index (χ2v) is 2.82. The highest BCUT2D eigenvalue weighted by atomic mass is 16.8. The van der Waals surface area contributed by atoms with E-state index in [9.17, 15) is 0 Å². The molecule has 1 aliphatic heterocycles. The molecule has 0 unspecified atom stereocenters. The normalized spacial score (nSPS) is 29.2. The highest BCUT2D eigenvalue weighted by Crippen LogP contribution is 2.28. The second kappa shape index (κ2) is 3.52. The maximum absolute atomic E-state index is 5.66. The van der Waals surface area contributed by atoms with Gasteiger partial charge in [0, 0.05) is 0 Å². The van der Waals surface area contributed by atoms with Gasteiger partial charge in [0.05, 0.1) is 6.61 Å². The lowest BCUT2D eigenvalue weighted by Crippen LogP contribution is -2.33. The van der Waals surface area contributed by atoms with Crippen molar-refractivity contribution in [1.29, 1.82) is 0 Å². The van der Waals surface area contributed by atoms with Gasteiger partial charge in [-0.15, -0.1) is 0 Å². The summed E-state index contributed by atoms with van der Waals surface area (Å²) in [6.07, 6.45) is 1.92. The molecule has 11 heavy (non-hydrogen) atoms. The molecule has 3 heteroatoms. The summed E-state index contributed by atoms with van der Waals surface area (Å²) in [6, 6.07) is 0. The van der Waals surface area contributed by atoms with Crippen molar-refractivity contribution in [2.24, 2.45) is 0 Å². The SMILES string of the molecule is CCC1(CC)OC[C@@H](NC)O1. The first-order chi connectivity index (χ1) is 5.26. The molecular formula is C8H17NO2. The third-order valence-electron chi connectivity index (χ3n) is 2.25. The van der Waals surface area contributed by atoms with Crippen LogP contribution in [0.25, 0.3) is 0 Å². The van der Waals surface area contributed by atoms with Crippen LogP contribution in [-0.2, 0) is 9.47 Å². The van der Waals surface area contributed by atoms with Crippen molar-refractivity contribution in [2.45, 2.75) is 38.7 Å². The van der Waals surface area contributed by atoms with Crippen LogP contribution >= 0.6 is 0 Å². The van der Waals surface area contributed by atoms with Crippen LogP contribution in [-0.4, -0.2) is 25.7 Å². The standard InChI is InChI=1S/C8H17NO2/c1-4-8(5-2)10-6-7(9-3)11-8/h7,9H,4-6H2,1-3H3/t7-/m0/s1. The van der Waals surface area contributed by atoms with E-state index in [0.29, 0.717) is 6.61 Å². The maximum Gasteiger partial charge on any atom is 0.170 e. The van der Waals surface area contributed by atoms with Crippen LogP contribution in [0.5, 0.6) is 0 Å². The van der Waals surface area contributed by atoms with Gasteiger partial charge >= 0.3 is 0 Å². The molecule has 0 amide bonds. The van der Waals surface area contributed by atoms with Gasteiger partial charge < -0.3 is 9.47 Å². The van der Waals surface area contributed by atoms with E-state index in [4.69, 9.17) is 9.47 Å². The van der Waals surface area contributed by atoms with Gasteiger partial charge in [-0.3, -0.25) is 5.32 Å². The lowest BCUT2D eigenvalue weighted by atomic mass is 10.1. The van der Waals surface area contributed by atoms with E-state index < -0.39 is 0 Å². The molecule has 0 spiro atoms. The van der Waals surface area contributed by atoms with Crippen LogP contribution in [0.15, 0.2) is 0 Å². The summed E-state index contributed by atoms with van der Waals surface area (Å²) >= 11 is 0. The monoisotopic (exact) mass is 159 g/mol. The molecule has 0 radical (unpaired) electrons. The van der Waals surface area contributed by atoms with Gasteiger partial charge in [0.25, 0.3) is 0 Å². The largest absolute Gasteiger partial charge is 0.346 e. The average molecular weight is 159 g/mol. The summed E-state index contributed by atoms with van der Waals surface area (Å²) in [7, 11) is 1.88. The first-order valence-corrected chi connectivity index (χ1v) is 4.25. The summed E-state index contributed by atoms with van der Waals surface area (Å²) < 4.78 is 11.2. The zero-order valence-corrected chi connectivity index (χ0v) is 7.52. The van der Waals surface area contributed by atoms with Crippen LogP contribution in [0.1, 0.15) is 26.7 Å². The molecule has 0 aromatic heterocycles. The maximum atomic E-state index is 5.66. The Bertz CT molecular complexity index is 123. The van der Waals surface area contributed by atoms with Gasteiger partial charge in [0.2, 0.25) is 0 Å². The number of hydrogen-bond acceptors (Lipinski definition) is 3. The number of ether oxygens (including phenoxy) is 2. The predicted molar refractivity (Wildman–Crippen MR) is 43.2 cm³/mol. The molecule has 1 saturated heterocycles. The van der Waals surface area contributed by atoms with Crippen LogP contribution < -0.4 is 5.32 Å². The minimum absolute atomic E-state index is 0.0786. The van der Waals surface area contributed by atoms with Crippen molar-refractivity contribution in [3.63, 3.8) is 0 Å². The van der Waals surface area contributed by atoms with E-state index in [2.05, 4.69) is 19.2 Å². The summed E-state index contributed by atoms with van der Waals surface area (Å²) in [5.41, 5.74) is 0. The Labute approximate surface area is 68.1 Å². The Kier molecular flexibility index (Phi) is 2.87. The van der Waals surface area contributed by atoms with E-state index in [1.165, 1.54) is 0 Å². The Balaban J connectivity index is 2.48. The highest BCUT2D eigenvalue weighted by molar-refractivity contribution is 4.74. The van der Waals surface area contributed by atoms with Gasteiger partial charge in [0.1, 0.15) is 6.23 Å². The molecule has 1 N–H and O–H groups in total. The van der Waals surface area contributed by atoms with Gasteiger partial charge in [-0.1, -0.05) is 13.8 Å². The van der Waals surface area contributed by atoms with E-state index >= 15 is 0 Å². The molecule has 0 aliphatic carbocycles. The Morgan fingerprint density at radius 3 is 2.36 bits per heavy atom. The van der Waals surface area contributed by atoms with E-state index in [1.807, 2.05) is 7.05 Å². The van der Waals surface area contributed by atoms with Crippen molar-refractivity contribution in [1.82, 2.24) is 5.32 Å². The second-order valence-electron chi connectivity index (χ2n) is 2.82. The van der Waals surface area contributed by atoms with Crippen molar-refractivity contribution < 1.29 is 9.47 Å². The number of likely N-dealkylation sites (N-methyl/N-ethyl adjacent to an activating group) is 1. The third-order valence-corrected chi connectivity index (χ3v) is 2.25. The third kappa shape index (κ3) is 1.72. The van der Waals surface area contributed by atoms with Crippen LogP contribution in [0.2, 0.25) is 0 Å². The van der Waals surface area contributed by atoms with Gasteiger partial charge in [-0.25, -0.2) is 0 Å². The number of nitrogens with one attached hydrogen (secondary N) is 1. The summed E-state index contributed by atoms with van der Waals surface area (Å²) in [5, 5.41) is 3.04. The smallest absolute Gasteiger partial charge is 0.170 e. The van der Waals surface area contributed by atoms with Crippen LogP contribution in [0.4, 0.5) is 0 Å². The quantitative estimate of drug-likeness (QED) is 0.668. The molecule has 66 valence electrons. The highest BCUT2D eigenvalue weighted by Gasteiger charge is 2.37. The molecule has 1 aliphatic rings. The topological polar surface area (TPSA) is 30.5 Å². The minimum atomic E-state index is -0.312. The van der Waals surface area contributed by atoms with Crippen molar-refractivity contribution in [3.8, 4) is 0 Å². The lowest BCUT2D eigenvalue weighted by Gasteiger charge is -2.24. The minimum Gasteiger partial charge on any atom is -0.346 e. The molecule has 0 aromatic carbocycles. The molecule has 0 saturated carbocycles. The zero-order chi connectivity index (χ0) is 8.32. The number of hydrogen-bond donors (Lipinski definition) is 1. The van der Waals surface area contributed by atoms with Gasteiger partial charge in [-0.05, 0) is 19.9 Å².